The molecule has 4 rings (SSSR count). The van der Waals surface area contributed by atoms with Gasteiger partial charge in [-0.25, -0.2) is 4.79 Å². The number of carbonyl (C=O) groups excluding carboxylic acids is 1. The molecule has 1 amide bonds. The van der Waals surface area contributed by atoms with E-state index in [2.05, 4.69) is 10.5 Å². The molecular formula is C25H22N2O4S. The Bertz CT molecular complexity index is 1320. The van der Waals surface area contributed by atoms with Gasteiger partial charge < -0.3 is 14.9 Å². The fourth-order valence-electron chi connectivity index (χ4n) is 3.61. The van der Waals surface area contributed by atoms with Gasteiger partial charge in [0.1, 0.15) is 0 Å². The molecule has 0 radical (unpaired) electrons. The molecule has 0 aliphatic heterocycles. The summed E-state index contributed by atoms with van der Waals surface area (Å²) < 4.78 is 4.75. The van der Waals surface area contributed by atoms with E-state index in [0.717, 1.165) is 10.5 Å². The highest BCUT2D eigenvalue weighted by atomic mass is 32.2. The molecule has 0 saturated carbocycles. The molecule has 32 heavy (non-hydrogen) atoms. The lowest BCUT2D eigenvalue weighted by Crippen LogP contribution is -2.42. The number of carbonyl (C=O) groups is 1. The highest BCUT2D eigenvalue weighted by Gasteiger charge is 2.38. The van der Waals surface area contributed by atoms with Gasteiger partial charge in [0, 0.05) is 22.4 Å². The number of rotatable bonds is 6. The number of amides is 1. The number of thioether (sulfide) groups is 1. The van der Waals surface area contributed by atoms with Gasteiger partial charge in [-0.05, 0) is 54.6 Å². The van der Waals surface area contributed by atoms with E-state index in [1.807, 2.05) is 48.7 Å². The number of hydrogen-bond donors (Lipinski definition) is 2. The Balaban J connectivity index is 1.72. The van der Waals surface area contributed by atoms with Crippen molar-refractivity contribution >= 4 is 34.1 Å². The number of hydrogen-bond acceptors (Lipinski definition) is 6. The van der Waals surface area contributed by atoms with Crippen LogP contribution in [-0.2, 0) is 16.8 Å². The minimum absolute atomic E-state index is 0.107. The molecule has 6 nitrogen and oxygen atoms in total. The van der Waals surface area contributed by atoms with E-state index >= 15 is 0 Å². The first-order valence-electron chi connectivity index (χ1n) is 10.0. The van der Waals surface area contributed by atoms with E-state index in [0.29, 0.717) is 27.7 Å². The predicted molar refractivity (Wildman–Crippen MR) is 126 cm³/mol. The van der Waals surface area contributed by atoms with E-state index in [-0.39, 0.29) is 6.42 Å². The molecule has 1 unspecified atom stereocenters. The Morgan fingerprint density at radius 3 is 2.47 bits per heavy atom. The largest absolute Gasteiger partial charge is 0.375 e. The molecule has 1 atom stereocenters. The van der Waals surface area contributed by atoms with Crippen molar-refractivity contribution in [2.24, 2.45) is 0 Å². The fraction of sp³-hybridized carbons (Fsp3) is 0.160. The smallest absolute Gasteiger partial charge is 0.366 e. The van der Waals surface area contributed by atoms with Gasteiger partial charge >= 0.3 is 5.63 Å². The average molecular weight is 447 g/mol. The molecule has 0 fully saturated rings. The normalized spacial score (nSPS) is 13.0. The molecule has 0 spiro atoms. The summed E-state index contributed by atoms with van der Waals surface area (Å²) in [4.78, 5) is 26.4. The number of aryl methyl sites for hydroxylation is 1. The van der Waals surface area contributed by atoms with Crippen molar-refractivity contribution in [2.45, 2.75) is 23.8 Å². The second-order valence-electron chi connectivity index (χ2n) is 7.52. The molecular weight excluding hydrogens is 424 g/mol. The summed E-state index contributed by atoms with van der Waals surface area (Å²) in [7, 11) is 0. The van der Waals surface area contributed by atoms with Gasteiger partial charge in [0.05, 0.1) is 11.1 Å². The van der Waals surface area contributed by atoms with Gasteiger partial charge in [0.2, 0.25) is 0 Å². The number of nitrogens with one attached hydrogen (secondary N) is 1. The van der Waals surface area contributed by atoms with Gasteiger partial charge in [-0.2, -0.15) is 0 Å². The monoisotopic (exact) mass is 446 g/mol. The Morgan fingerprint density at radius 1 is 1.06 bits per heavy atom. The zero-order chi connectivity index (χ0) is 22.7. The van der Waals surface area contributed by atoms with Crippen molar-refractivity contribution in [1.82, 2.24) is 5.16 Å². The minimum atomic E-state index is -1.80. The zero-order valence-corrected chi connectivity index (χ0v) is 18.5. The Morgan fingerprint density at radius 2 is 1.78 bits per heavy atom. The Kier molecular flexibility index (Phi) is 6.12. The standard InChI is InChI=1S/C25H22N2O4S/c1-16-22-14-19(10-13-21(22)23(28)31-27-16)26-24(29)25(30,15-17-6-4-3-5-7-17)18-8-11-20(32-2)12-9-18/h3-14,30H,15H2,1-2H3,(H,26,29). The second-order valence-corrected chi connectivity index (χ2v) is 8.40. The zero-order valence-electron chi connectivity index (χ0n) is 17.7. The molecule has 1 heterocycles. The highest BCUT2D eigenvalue weighted by molar-refractivity contribution is 7.98. The van der Waals surface area contributed by atoms with Crippen LogP contribution in [0.15, 0.2) is 87.0 Å². The van der Waals surface area contributed by atoms with E-state index in [4.69, 9.17) is 4.52 Å². The average Bonchev–Trinajstić information content (AvgIpc) is 2.82. The molecule has 0 aliphatic rings. The fourth-order valence-corrected chi connectivity index (χ4v) is 4.02. The SMILES string of the molecule is CSc1ccc(C(O)(Cc2ccccc2)C(=O)Nc2ccc3c(=O)onc(C)c3c2)cc1. The maximum atomic E-state index is 13.4. The summed E-state index contributed by atoms with van der Waals surface area (Å²) in [5.74, 6) is -0.564. The van der Waals surface area contributed by atoms with Crippen LogP contribution in [0.5, 0.6) is 0 Å². The quantitative estimate of drug-likeness (QED) is 0.429. The first kappa shape index (κ1) is 21.8. The summed E-state index contributed by atoms with van der Waals surface area (Å²) >= 11 is 1.59. The third-order valence-electron chi connectivity index (χ3n) is 5.40. The molecule has 4 aromatic rings. The van der Waals surface area contributed by atoms with Crippen LogP contribution in [0, 0.1) is 6.92 Å². The van der Waals surface area contributed by atoms with Gasteiger partial charge in [-0.3, -0.25) is 4.79 Å². The first-order valence-corrected chi connectivity index (χ1v) is 11.3. The van der Waals surface area contributed by atoms with Crippen molar-refractivity contribution in [1.29, 1.82) is 0 Å². The summed E-state index contributed by atoms with van der Waals surface area (Å²) in [6.45, 7) is 1.72. The number of nitrogens with zero attached hydrogens (tertiary/aromatic N) is 1. The third kappa shape index (κ3) is 4.30. The predicted octanol–water partition coefficient (Wildman–Crippen LogP) is 4.29. The number of anilines is 1. The molecule has 3 aromatic carbocycles. The molecule has 7 heteroatoms. The first-order chi connectivity index (χ1) is 15.4. The molecule has 0 bridgehead atoms. The molecule has 0 aliphatic carbocycles. The Hall–Kier alpha value is -3.42. The van der Waals surface area contributed by atoms with Crippen LogP contribution in [0.4, 0.5) is 5.69 Å². The van der Waals surface area contributed by atoms with E-state index in [1.54, 1.807) is 49.0 Å². The van der Waals surface area contributed by atoms with Gasteiger partial charge in [0.15, 0.2) is 5.60 Å². The summed E-state index contributed by atoms with van der Waals surface area (Å²) in [5.41, 5.74) is -0.0340. The van der Waals surface area contributed by atoms with Gasteiger partial charge in [-0.15, -0.1) is 11.8 Å². The lowest BCUT2D eigenvalue weighted by atomic mass is 9.86. The molecule has 0 saturated heterocycles. The number of benzene rings is 3. The topological polar surface area (TPSA) is 92.4 Å². The Labute approximate surface area is 189 Å². The van der Waals surface area contributed by atoms with Gasteiger partial charge in [0.25, 0.3) is 5.91 Å². The lowest BCUT2D eigenvalue weighted by molar-refractivity contribution is -0.135. The minimum Gasteiger partial charge on any atom is -0.375 e. The van der Waals surface area contributed by atoms with Crippen molar-refractivity contribution in [3.63, 3.8) is 0 Å². The molecule has 162 valence electrons. The highest BCUT2D eigenvalue weighted by Crippen LogP contribution is 2.30. The van der Waals surface area contributed by atoms with Crippen molar-refractivity contribution in [2.75, 3.05) is 11.6 Å². The summed E-state index contributed by atoms with van der Waals surface area (Å²) in [5, 5.41) is 19.2. The summed E-state index contributed by atoms with van der Waals surface area (Å²) in [6.07, 6.45) is 2.07. The van der Waals surface area contributed by atoms with Gasteiger partial charge in [-0.1, -0.05) is 47.6 Å². The van der Waals surface area contributed by atoms with Crippen LogP contribution in [0.25, 0.3) is 10.8 Å². The number of aromatic nitrogens is 1. The van der Waals surface area contributed by atoms with Crippen LogP contribution < -0.4 is 10.9 Å². The number of aliphatic hydroxyl groups is 1. The molecule has 2 N–H and O–H groups in total. The maximum Gasteiger partial charge on any atom is 0.366 e. The van der Waals surface area contributed by atoms with E-state index in [1.165, 1.54) is 0 Å². The van der Waals surface area contributed by atoms with Crippen molar-refractivity contribution < 1.29 is 14.4 Å². The maximum absolute atomic E-state index is 13.4. The molecule has 1 aromatic heterocycles. The number of fused-ring (bicyclic) bond motifs is 1. The van der Waals surface area contributed by atoms with Crippen LogP contribution in [0.1, 0.15) is 16.8 Å². The second kappa shape index (κ2) is 8.98. The van der Waals surface area contributed by atoms with Crippen molar-refractivity contribution in [3.05, 3.63) is 100 Å². The van der Waals surface area contributed by atoms with Crippen LogP contribution in [0.2, 0.25) is 0 Å². The van der Waals surface area contributed by atoms with Crippen LogP contribution >= 0.6 is 11.8 Å². The third-order valence-corrected chi connectivity index (χ3v) is 6.14. The van der Waals surface area contributed by atoms with E-state index < -0.39 is 17.1 Å². The summed E-state index contributed by atoms with van der Waals surface area (Å²) in [6, 6.07) is 21.5. The lowest BCUT2D eigenvalue weighted by Gasteiger charge is -2.28. The van der Waals surface area contributed by atoms with Crippen LogP contribution in [-0.4, -0.2) is 22.4 Å². The van der Waals surface area contributed by atoms with Crippen LogP contribution in [0.3, 0.4) is 0 Å². The van der Waals surface area contributed by atoms with Crippen molar-refractivity contribution in [3.8, 4) is 0 Å². The van der Waals surface area contributed by atoms with E-state index in [9.17, 15) is 14.7 Å².